The minimum absolute atomic E-state index is 0.172. The third kappa shape index (κ3) is 4.72. The average molecular weight is 306 g/mol. The standard InChI is InChI=1S/C12H13ClFNO3S/c1-19-5-4-10(12(17)18)15-11(16)8-3-2-7(13)6-9(8)14/h2-3,6,10H,4-5H2,1H3,(H,15,16)(H,17,18)/t10-/m1/s1. The van der Waals surface area contributed by atoms with Crippen LogP contribution >= 0.6 is 23.4 Å². The van der Waals surface area contributed by atoms with E-state index in [-0.39, 0.29) is 17.0 Å². The Kier molecular flexibility index (Phi) is 6.11. The van der Waals surface area contributed by atoms with Gasteiger partial charge in [-0.15, -0.1) is 0 Å². The highest BCUT2D eigenvalue weighted by molar-refractivity contribution is 7.98. The van der Waals surface area contributed by atoms with Crippen molar-refractivity contribution in [3.05, 3.63) is 34.6 Å². The largest absolute Gasteiger partial charge is 0.480 e. The van der Waals surface area contributed by atoms with E-state index < -0.39 is 23.7 Å². The third-order valence-corrected chi connectivity index (χ3v) is 3.27. The number of aliphatic carboxylic acids is 1. The van der Waals surface area contributed by atoms with Gasteiger partial charge in [0.1, 0.15) is 11.9 Å². The van der Waals surface area contributed by atoms with Crippen molar-refractivity contribution in [3.63, 3.8) is 0 Å². The van der Waals surface area contributed by atoms with E-state index in [0.29, 0.717) is 5.75 Å². The van der Waals surface area contributed by atoms with Gasteiger partial charge in [-0.3, -0.25) is 4.79 Å². The monoisotopic (exact) mass is 305 g/mol. The highest BCUT2D eigenvalue weighted by Crippen LogP contribution is 2.15. The van der Waals surface area contributed by atoms with Gasteiger partial charge in [-0.05, 0) is 36.6 Å². The van der Waals surface area contributed by atoms with E-state index in [9.17, 15) is 14.0 Å². The zero-order chi connectivity index (χ0) is 14.4. The number of halogens is 2. The molecule has 0 heterocycles. The molecular weight excluding hydrogens is 293 g/mol. The van der Waals surface area contributed by atoms with Crippen molar-refractivity contribution in [2.24, 2.45) is 0 Å². The summed E-state index contributed by atoms with van der Waals surface area (Å²) in [7, 11) is 0. The van der Waals surface area contributed by atoms with Crippen molar-refractivity contribution < 1.29 is 19.1 Å². The Hall–Kier alpha value is -1.27. The van der Waals surface area contributed by atoms with Crippen molar-refractivity contribution >= 4 is 35.2 Å². The average Bonchev–Trinajstić information content (AvgIpc) is 2.33. The topological polar surface area (TPSA) is 66.4 Å². The Labute approximate surface area is 119 Å². The summed E-state index contributed by atoms with van der Waals surface area (Å²) in [5.74, 6) is -2.10. The summed E-state index contributed by atoms with van der Waals surface area (Å²) in [6, 6.07) is 2.57. The third-order valence-electron chi connectivity index (χ3n) is 2.39. The molecule has 0 saturated heterocycles. The van der Waals surface area contributed by atoms with E-state index in [1.165, 1.54) is 23.9 Å². The molecule has 1 aromatic rings. The van der Waals surface area contributed by atoms with E-state index >= 15 is 0 Å². The van der Waals surface area contributed by atoms with Gasteiger partial charge in [0.15, 0.2) is 0 Å². The lowest BCUT2D eigenvalue weighted by Crippen LogP contribution is -2.41. The molecule has 0 aliphatic heterocycles. The van der Waals surface area contributed by atoms with Crippen LogP contribution < -0.4 is 5.32 Å². The van der Waals surface area contributed by atoms with Gasteiger partial charge in [0.05, 0.1) is 5.56 Å². The molecule has 0 fully saturated rings. The lowest BCUT2D eigenvalue weighted by molar-refractivity contribution is -0.139. The van der Waals surface area contributed by atoms with Gasteiger partial charge >= 0.3 is 5.97 Å². The van der Waals surface area contributed by atoms with Crippen LogP contribution in [0.4, 0.5) is 4.39 Å². The van der Waals surface area contributed by atoms with E-state index in [0.717, 1.165) is 6.07 Å². The summed E-state index contributed by atoms with van der Waals surface area (Å²) >= 11 is 7.05. The number of hydrogen-bond donors (Lipinski definition) is 2. The number of thioether (sulfide) groups is 1. The van der Waals surface area contributed by atoms with Gasteiger partial charge in [0.2, 0.25) is 0 Å². The normalized spacial score (nSPS) is 11.9. The SMILES string of the molecule is CSCC[C@@H](NC(=O)c1ccc(Cl)cc1F)C(=O)O. The molecule has 2 N–H and O–H groups in total. The van der Waals surface area contributed by atoms with Crippen molar-refractivity contribution in [2.45, 2.75) is 12.5 Å². The number of carboxylic acids is 1. The summed E-state index contributed by atoms with van der Waals surface area (Å²) in [6.07, 6.45) is 2.11. The molecule has 1 rings (SSSR count). The Bertz CT molecular complexity index is 484. The van der Waals surface area contributed by atoms with E-state index in [2.05, 4.69) is 5.32 Å². The van der Waals surface area contributed by atoms with Gasteiger partial charge in [-0.25, -0.2) is 9.18 Å². The lowest BCUT2D eigenvalue weighted by Gasteiger charge is -2.14. The van der Waals surface area contributed by atoms with Crippen LogP contribution in [0.15, 0.2) is 18.2 Å². The molecule has 1 aromatic carbocycles. The quantitative estimate of drug-likeness (QED) is 0.847. The van der Waals surface area contributed by atoms with E-state index in [1.807, 2.05) is 6.26 Å². The molecule has 1 amide bonds. The second-order valence-corrected chi connectivity index (χ2v) is 5.19. The summed E-state index contributed by atoms with van der Waals surface area (Å²) in [5.41, 5.74) is -0.222. The molecule has 0 saturated carbocycles. The number of carbonyl (C=O) groups excluding carboxylic acids is 1. The molecular formula is C12H13ClFNO3S. The molecule has 19 heavy (non-hydrogen) atoms. The maximum Gasteiger partial charge on any atom is 0.326 e. The van der Waals surface area contributed by atoms with Crippen LogP contribution in [0.5, 0.6) is 0 Å². The van der Waals surface area contributed by atoms with E-state index in [1.54, 1.807) is 0 Å². The van der Waals surface area contributed by atoms with Crippen LogP contribution in [-0.4, -0.2) is 35.0 Å². The van der Waals surface area contributed by atoms with Gasteiger partial charge in [-0.2, -0.15) is 11.8 Å². The minimum atomic E-state index is -1.14. The van der Waals surface area contributed by atoms with Gasteiger partial charge in [-0.1, -0.05) is 11.6 Å². The number of hydrogen-bond acceptors (Lipinski definition) is 3. The van der Waals surface area contributed by atoms with Crippen molar-refractivity contribution in [1.29, 1.82) is 0 Å². The maximum atomic E-state index is 13.5. The number of rotatable bonds is 6. The van der Waals surface area contributed by atoms with Crippen molar-refractivity contribution in [2.75, 3.05) is 12.0 Å². The second kappa shape index (κ2) is 7.35. The number of benzene rings is 1. The van der Waals surface area contributed by atoms with Crippen LogP contribution in [-0.2, 0) is 4.79 Å². The van der Waals surface area contributed by atoms with Gasteiger partial charge in [0.25, 0.3) is 5.91 Å². The molecule has 0 radical (unpaired) electrons. The first-order valence-electron chi connectivity index (χ1n) is 5.43. The minimum Gasteiger partial charge on any atom is -0.480 e. The Morgan fingerprint density at radius 2 is 2.21 bits per heavy atom. The second-order valence-electron chi connectivity index (χ2n) is 3.77. The Balaban J connectivity index is 2.78. The summed E-state index contributed by atoms with van der Waals surface area (Å²) in [4.78, 5) is 22.8. The van der Waals surface area contributed by atoms with Crippen LogP contribution in [0.3, 0.4) is 0 Å². The van der Waals surface area contributed by atoms with Crippen LogP contribution in [0.1, 0.15) is 16.8 Å². The Morgan fingerprint density at radius 3 is 2.74 bits per heavy atom. The van der Waals surface area contributed by atoms with E-state index in [4.69, 9.17) is 16.7 Å². The summed E-state index contributed by atoms with van der Waals surface area (Å²) in [6.45, 7) is 0. The smallest absolute Gasteiger partial charge is 0.326 e. The van der Waals surface area contributed by atoms with Crippen LogP contribution in [0.2, 0.25) is 5.02 Å². The predicted molar refractivity (Wildman–Crippen MR) is 73.3 cm³/mol. The summed E-state index contributed by atoms with van der Waals surface area (Å²) < 4.78 is 13.5. The molecule has 0 unspecified atom stereocenters. The molecule has 7 heteroatoms. The first-order chi connectivity index (χ1) is 8.95. The van der Waals surface area contributed by atoms with Crippen LogP contribution in [0.25, 0.3) is 0 Å². The zero-order valence-electron chi connectivity index (χ0n) is 10.2. The Morgan fingerprint density at radius 1 is 1.53 bits per heavy atom. The molecule has 1 atom stereocenters. The highest BCUT2D eigenvalue weighted by Gasteiger charge is 2.21. The molecule has 4 nitrogen and oxygen atoms in total. The number of carboxylic acid groups (broad SMARTS) is 1. The zero-order valence-corrected chi connectivity index (χ0v) is 11.7. The fraction of sp³-hybridized carbons (Fsp3) is 0.333. The van der Waals surface area contributed by atoms with Gasteiger partial charge in [0, 0.05) is 5.02 Å². The maximum absolute atomic E-state index is 13.5. The lowest BCUT2D eigenvalue weighted by atomic mass is 10.1. The number of amides is 1. The number of nitrogens with one attached hydrogen (secondary N) is 1. The highest BCUT2D eigenvalue weighted by atomic mass is 35.5. The predicted octanol–water partition coefficient (Wildman–Crippen LogP) is 2.42. The molecule has 0 bridgehead atoms. The van der Waals surface area contributed by atoms with Gasteiger partial charge < -0.3 is 10.4 Å². The first kappa shape index (κ1) is 15.8. The van der Waals surface area contributed by atoms with Crippen molar-refractivity contribution in [1.82, 2.24) is 5.32 Å². The summed E-state index contributed by atoms with van der Waals surface area (Å²) in [5, 5.41) is 11.4. The molecule has 0 aliphatic carbocycles. The molecule has 104 valence electrons. The fourth-order valence-electron chi connectivity index (χ4n) is 1.40. The molecule has 0 aromatic heterocycles. The fourth-order valence-corrected chi connectivity index (χ4v) is 2.03. The molecule has 0 spiro atoms. The first-order valence-corrected chi connectivity index (χ1v) is 7.20. The van der Waals surface area contributed by atoms with Crippen LogP contribution in [0, 0.1) is 5.82 Å². The van der Waals surface area contributed by atoms with Crippen molar-refractivity contribution in [3.8, 4) is 0 Å². The number of carbonyl (C=O) groups is 2. The molecule has 0 aliphatic rings.